The number of aromatic amines is 2. The van der Waals surface area contributed by atoms with Gasteiger partial charge >= 0.3 is 0 Å². The van der Waals surface area contributed by atoms with Crippen LogP contribution in [0.4, 0.5) is 0 Å². The number of rotatable bonds is 0. The Morgan fingerprint density at radius 2 is 0.708 bits per heavy atom. The first kappa shape index (κ1) is 25.5. The molecule has 5 aromatic heterocycles. The third-order valence-electron chi connectivity index (χ3n) is 9.78. The van der Waals surface area contributed by atoms with Crippen LogP contribution in [0.15, 0.2) is 134 Å². The van der Waals surface area contributed by atoms with E-state index in [9.17, 15) is 0 Å². The van der Waals surface area contributed by atoms with Crippen molar-refractivity contribution in [3.05, 3.63) is 134 Å². The Bertz CT molecular complexity index is 2820. The lowest BCUT2D eigenvalue weighted by molar-refractivity contribution is 1.38. The predicted octanol–water partition coefficient (Wildman–Crippen LogP) is 10.4. The van der Waals surface area contributed by atoms with Crippen molar-refractivity contribution in [2.24, 2.45) is 0 Å². The van der Waals surface area contributed by atoms with E-state index >= 15 is 0 Å². The molecule has 0 radical (unpaired) electrons. The largest absolute Gasteiger partial charge is 0.354 e. The van der Waals surface area contributed by atoms with Crippen LogP contribution in [0.3, 0.4) is 0 Å². The van der Waals surface area contributed by atoms with Gasteiger partial charge in [0.15, 0.2) is 0 Å². The van der Waals surface area contributed by atoms with E-state index in [-0.39, 0.29) is 0 Å². The quantitative estimate of drug-likeness (QED) is 0.167. The predicted molar refractivity (Wildman–Crippen MR) is 195 cm³/mol. The van der Waals surface area contributed by atoms with Crippen molar-refractivity contribution in [2.45, 2.75) is 0 Å². The molecule has 9 aromatic rings. The summed E-state index contributed by atoms with van der Waals surface area (Å²) in [6, 6.07) is 42.5. The molecular formula is C42H24N6. The van der Waals surface area contributed by atoms with Gasteiger partial charge in [-0.25, -0.2) is 9.97 Å². The van der Waals surface area contributed by atoms with E-state index < -0.39 is 0 Å². The van der Waals surface area contributed by atoms with Gasteiger partial charge in [0.2, 0.25) is 0 Å². The first-order chi connectivity index (χ1) is 23.8. The highest BCUT2D eigenvalue weighted by Crippen LogP contribution is 2.43. The zero-order valence-corrected chi connectivity index (χ0v) is 25.5. The number of fused-ring (bicyclic) bond motifs is 25. The van der Waals surface area contributed by atoms with E-state index in [4.69, 9.17) is 19.9 Å². The summed E-state index contributed by atoms with van der Waals surface area (Å²) in [7, 11) is 0. The number of nitrogens with zero attached hydrogens (tertiary/aromatic N) is 4. The van der Waals surface area contributed by atoms with Gasteiger partial charge in [0, 0.05) is 89.0 Å². The monoisotopic (exact) mass is 612 g/mol. The van der Waals surface area contributed by atoms with Crippen LogP contribution >= 0.6 is 0 Å². The topological polar surface area (TPSA) is 83.1 Å². The summed E-state index contributed by atoms with van der Waals surface area (Å²) < 4.78 is 0. The van der Waals surface area contributed by atoms with Crippen molar-refractivity contribution in [3.63, 3.8) is 0 Å². The Kier molecular flexibility index (Phi) is 5.02. The van der Waals surface area contributed by atoms with Crippen LogP contribution in [-0.2, 0) is 0 Å². The summed E-state index contributed by atoms with van der Waals surface area (Å²) in [6.45, 7) is 0. The fraction of sp³-hybridized carbons (Fsp3) is 0. The second-order valence-corrected chi connectivity index (χ2v) is 12.4. The van der Waals surface area contributed by atoms with Crippen molar-refractivity contribution in [1.82, 2.24) is 29.9 Å². The normalized spacial score (nSPS) is 12.2. The fourth-order valence-electron chi connectivity index (χ4n) is 7.71. The highest BCUT2D eigenvalue weighted by molar-refractivity contribution is 6.32. The molecule has 0 amide bonds. The lowest BCUT2D eigenvalue weighted by Gasteiger charge is -2.06. The minimum atomic E-state index is 0.879. The minimum absolute atomic E-state index is 0.879. The van der Waals surface area contributed by atoms with Crippen molar-refractivity contribution in [1.29, 1.82) is 0 Å². The summed E-state index contributed by atoms with van der Waals surface area (Å²) >= 11 is 0. The SMILES string of the molecule is c1ccc2c(c1)-c1cc3[nH]c(cc4nc(cc5[nH]c(cc-2n1)c1c2cccnc2c2ncccc2c51)-c1ccccc1-4)c1ccccc31. The van der Waals surface area contributed by atoms with Crippen LogP contribution in [0, 0.1) is 0 Å². The third kappa shape index (κ3) is 3.51. The molecule has 2 aliphatic heterocycles. The molecule has 0 spiro atoms. The summed E-state index contributed by atoms with van der Waals surface area (Å²) in [6.07, 6.45) is 3.68. The van der Waals surface area contributed by atoms with Gasteiger partial charge in [0.1, 0.15) is 0 Å². The first-order valence-corrected chi connectivity index (χ1v) is 16.1. The second kappa shape index (κ2) is 9.44. The van der Waals surface area contributed by atoms with Gasteiger partial charge in [-0.15, -0.1) is 0 Å². The van der Waals surface area contributed by atoms with E-state index in [1.54, 1.807) is 0 Å². The number of hydrogen-bond donors (Lipinski definition) is 2. The summed E-state index contributed by atoms with van der Waals surface area (Å²) in [5, 5.41) is 6.56. The number of benzene rings is 4. The molecule has 11 rings (SSSR count). The number of H-pyrrole nitrogens is 2. The molecular weight excluding hydrogens is 589 g/mol. The second-order valence-electron chi connectivity index (χ2n) is 12.4. The Labute approximate surface area is 273 Å². The highest BCUT2D eigenvalue weighted by atomic mass is 14.8. The molecule has 48 heavy (non-hydrogen) atoms. The van der Waals surface area contributed by atoms with Crippen LogP contribution in [0.5, 0.6) is 0 Å². The van der Waals surface area contributed by atoms with Crippen LogP contribution < -0.4 is 0 Å². The van der Waals surface area contributed by atoms with Crippen LogP contribution in [0.1, 0.15) is 0 Å². The molecule has 0 saturated carbocycles. The lowest BCUT2D eigenvalue weighted by atomic mass is 10.00. The average Bonchev–Trinajstić information content (AvgIpc) is 3.87. The van der Waals surface area contributed by atoms with Gasteiger partial charge in [-0.05, 0) is 36.4 Å². The lowest BCUT2D eigenvalue weighted by Crippen LogP contribution is -1.86. The van der Waals surface area contributed by atoms with E-state index in [1.807, 2.05) is 24.5 Å². The van der Waals surface area contributed by atoms with Gasteiger partial charge in [0.05, 0.1) is 33.8 Å². The zero-order valence-electron chi connectivity index (χ0n) is 25.5. The maximum absolute atomic E-state index is 5.29. The van der Waals surface area contributed by atoms with Crippen molar-refractivity contribution >= 4 is 65.4 Å². The van der Waals surface area contributed by atoms with Gasteiger partial charge in [0.25, 0.3) is 0 Å². The first-order valence-electron chi connectivity index (χ1n) is 16.1. The van der Waals surface area contributed by atoms with Crippen molar-refractivity contribution in [2.75, 3.05) is 0 Å². The Hall–Kier alpha value is -6.66. The third-order valence-corrected chi connectivity index (χ3v) is 9.78. The minimum Gasteiger partial charge on any atom is -0.354 e. The van der Waals surface area contributed by atoms with Crippen LogP contribution in [-0.4, -0.2) is 29.9 Å². The average molecular weight is 613 g/mol. The van der Waals surface area contributed by atoms with Crippen molar-refractivity contribution in [3.8, 4) is 45.0 Å². The standard InChI is InChI=1S/C42H24N6/c1-2-10-24-23(9-1)31-19-33-25-11-3-5-13-27(25)35(46-33)21-37-39-29-15-7-17-43-41(29)42-30(16-8-18-44-42)40(39)38(48-37)22-36-28-14-6-4-12-26(28)34(47-36)20-32(24)45-31/h1-22,45,48H. The Balaban J connectivity index is 1.41. The molecule has 222 valence electrons. The van der Waals surface area contributed by atoms with E-state index in [1.165, 1.54) is 0 Å². The molecule has 4 aromatic carbocycles. The van der Waals surface area contributed by atoms with Gasteiger partial charge in [-0.1, -0.05) is 84.9 Å². The van der Waals surface area contributed by atoms with Gasteiger partial charge < -0.3 is 9.97 Å². The number of nitrogens with one attached hydrogen (secondary N) is 2. The molecule has 0 aliphatic carbocycles. The van der Waals surface area contributed by atoms with E-state index in [2.05, 4.69) is 119 Å². The molecule has 8 bridgehead atoms. The number of pyridine rings is 2. The molecule has 7 heterocycles. The molecule has 0 atom stereocenters. The van der Waals surface area contributed by atoms with Crippen LogP contribution in [0.2, 0.25) is 0 Å². The molecule has 0 unspecified atom stereocenters. The molecule has 0 saturated heterocycles. The molecule has 6 heteroatoms. The summed E-state index contributed by atoms with van der Waals surface area (Å²) in [5.41, 5.74) is 13.8. The maximum atomic E-state index is 5.29. The zero-order chi connectivity index (χ0) is 31.3. The molecule has 2 N–H and O–H groups in total. The van der Waals surface area contributed by atoms with E-state index in [0.717, 1.165) is 110 Å². The summed E-state index contributed by atoms with van der Waals surface area (Å²) in [4.78, 5) is 27.8. The maximum Gasteiger partial charge on any atom is 0.0971 e. The number of aromatic nitrogens is 6. The fourth-order valence-corrected chi connectivity index (χ4v) is 7.71. The Morgan fingerprint density at radius 1 is 0.354 bits per heavy atom. The van der Waals surface area contributed by atoms with Crippen LogP contribution in [0.25, 0.3) is 110 Å². The Morgan fingerprint density at radius 3 is 1.15 bits per heavy atom. The van der Waals surface area contributed by atoms with Gasteiger partial charge in [-0.3, -0.25) is 9.97 Å². The van der Waals surface area contributed by atoms with Gasteiger partial charge in [-0.2, -0.15) is 0 Å². The highest BCUT2D eigenvalue weighted by Gasteiger charge is 2.21. The van der Waals surface area contributed by atoms with Crippen molar-refractivity contribution < 1.29 is 0 Å². The summed E-state index contributed by atoms with van der Waals surface area (Å²) in [5.74, 6) is 0. The molecule has 6 nitrogen and oxygen atoms in total. The number of hydrogen-bond acceptors (Lipinski definition) is 4. The molecule has 0 fully saturated rings. The smallest absolute Gasteiger partial charge is 0.0971 e. The van der Waals surface area contributed by atoms with E-state index in [0.29, 0.717) is 0 Å². The molecule has 2 aliphatic rings.